The fourth-order valence-corrected chi connectivity index (χ4v) is 2.05. The van der Waals surface area contributed by atoms with E-state index >= 15 is 0 Å². The summed E-state index contributed by atoms with van der Waals surface area (Å²) in [5.74, 6) is 5.90. The van der Waals surface area contributed by atoms with Gasteiger partial charge in [-0.3, -0.25) is 9.13 Å². The van der Waals surface area contributed by atoms with Crippen molar-refractivity contribution in [3.8, 4) is 11.8 Å². The van der Waals surface area contributed by atoms with Gasteiger partial charge in [0.2, 0.25) is 0 Å². The first-order chi connectivity index (χ1) is 9.63. The van der Waals surface area contributed by atoms with E-state index in [2.05, 4.69) is 11.8 Å². The van der Waals surface area contributed by atoms with Crippen molar-refractivity contribution in [3.63, 3.8) is 0 Å². The van der Waals surface area contributed by atoms with E-state index in [1.54, 1.807) is 9.13 Å². The Morgan fingerprint density at radius 2 is 2.00 bits per heavy atom. The highest BCUT2D eigenvalue weighted by atomic mass is 16.1. The van der Waals surface area contributed by atoms with Gasteiger partial charge in [0.25, 0.3) is 0 Å². The third-order valence-electron chi connectivity index (χ3n) is 3.11. The number of nitrogens with two attached hydrogens (primary N) is 1. The molecule has 0 spiro atoms. The quantitative estimate of drug-likeness (QED) is 0.860. The lowest BCUT2D eigenvalue weighted by Crippen LogP contribution is -2.25. The van der Waals surface area contributed by atoms with Crippen LogP contribution in [0.3, 0.4) is 0 Å². The number of aromatic nitrogens is 2. The van der Waals surface area contributed by atoms with Crippen LogP contribution >= 0.6 is 0 Å². The maximum absolute atomic E-state index is 12.2. The van der Waals surface area contributed by atoms with Gasteiger partial charge < -0.3 is 5.73 Å². The molecule has 0 saturated heterocycles. The van der Waals surface area contributed by atoms with Gasteiger partial charge in [0, 0.05) is 24.0 Å². The zero-order chi connectivity index (χ0) is 14.5. The second-order valence-electron chi connectivity index (χ2n) is 4.87. The molecule has 0 aliphatic rings. The predicted molar refractivity (Wildman–Crippen MR) is 80.6 cm³/mol. The monoisotopic (exact) mass is 269 g/mol. The summed E-state index contributed by atoms with van der Waals surface area (Å²) < 4.78 is 3.41. The molecule has 0 aliphatic heterocycles. The number of hydrogen-bond donors (Lipinski definition) is 1. The van der Waals surface area contributed by atoms with Gasteiger partial charge in [-0.25, -0.2) is 4.79 Å². The first-order valence-electron chi connectivity index (χ1n) is 6.67. The summed E-state index contributed by atoms with van der Waals surface area (Å²) in [5, 5.41) is 0. The Morgan fingerprint density at radius 1 is 1.25 bits per heavy atom. The minimum absolute atomic E-state index is 0.00147. The van der Waals surface area contributed by atoms with E-state index in [9.17, 15) is 4.79 Å². The molecule has 0 saturated carbocycles. The molecule has 2 rings (SSSR count). The van der Waals surface area contributed by atoms with E-state index in [0.717, 1.165) is 11.1 Å². The van der Waals surface area contributed by atoms with E-state index in [4.69, 9.17) is 5.73 Å². The molecule has 20 heavy (non-hydrogen) atoms. The van der Waals surface area contributed by atoms with Crippen LogP contribution in [0.4, 0.5) is 0 Å². The van der Waals surface area contributed by atoms with Gasteiger partial charge in [0.15, 0.2) is 0 Å². The standard InChI is InChI=1S/C16H19N3O/c1-13(2)19-11-10-18(16(19)20)12-15-7-4-3-6-14(15)8-5-9-17/h3-4,6-7,10-11,13H,9,12,17H2,1-2H3. The van der Waals surface area contributed by atoms with Crippen LogP contribution in [0.15, 0.2) is 41.5 Å². The number of imidazole rings is 1. The second kappa shape index (κ2) is 6.27. The van der Waals surface area contributed by atoms with Crippen LogP contribution in [0.5, 0.6) is 0 Å². The molecule has 4 nitrogen and oxygen atoms in total. The largest absolute Gasteiger partial charge is 0.328 e. The van der Waals surface area contributed by atoms with Crippen molar-refractivity contribution in [2.45, 2.75) is 26.4 Å². The Kier molecular flexibility index (Phi) is 4.44. The zero-order valence-corrected chi connectivity index (χ0v) is 11.8. The molecule has 1 heterocycles. The zero-order valence-electron chi connectivity index (χ0n) is 11.8. The lowest BCUT2D eigenvalue weighted by molar-refractivity contribution is 0.561. The highest BCUT2D eigenvalue weighted by Crippen LogP contribution is 2.09. The molecule has 0 aliphatic carbocycles. The Morgan fingerprint density at radius 3 is 2.65 bits per heavy atom. The fraction of sp³-hybridized carbons (Fsp3) is 0.312. The summed E-state index contributed by atoms with van der Waals surface area (Å²) in [7, 11) is 0. The number of hydrogen-bond acceptors (Lipinski definition) is 2. The van der Waals surface area contributed by atoms with E-state index in [0.29, 0.717) is 13.1 Å². The molecule has 2 N–H and O–H groups in total. The highest BCUT2D eigenvalue weighted by molar-refractivity contribution is 5.41. The summed E-state index contributed by atoms with van der Waals surface area (Å²) in [6.45, 7) is 4.84. The molecule has 104 valence electrons. The molecule has 2 aromatic rings. The topological polar surface area (TPSA) is 52.9 Å². The van der Waals surface area contributed by atoms with Gasteiger partial charge in [-0.2, -0.15) is 0 Å². The molecule has 0 fully saturated rings. The summed E-state index contributed by atoms with van der Waals surface area (Å²) in [6, 6.07) is 7.98. The minimum Gasteiger partial charge on any atom is -0.320 e. The molecule has 4 heteroatoms. The van der Waals surface area contributed by atoms with Gasteiger partial charge in [-0.05, 0) is 25.5 Å². The van der Waals surface area contributed by atoms with Crippen molar-refractivity contribution in [3.05, 3.63) is 58.3 Å². The van der Waals surface area contributed by atoms with Crippen molar-refractivity contribution >= 4 is 0 Å². The minimum atomic E-state index is 0.00147. The Hall–Kier alpha value is -2.25. The smallest absolute Gasteiger partial charge is 0.320 e. The Labute approximate surface area is 118 Å². The van der Waals surface area contributed by atoms with E-state index in [1.165, 1.54) is 0 Å². The first-order valence-corrected chi connectivity index (χ1v) is 6.67. The van der Waals surface area contributed by atoms with Gasteiger partial charge in [-0.15, -0.1) is 0 Å². The summed E-state index contributed by atoms with van der Waals surface area (Å²) in [6.07, 6.45) is 3.64. The molecule has 0 atom stereocenters. The number of benzene rings is 1. The van der Waals surface area contributed by atoms with Gasteiger partial charge in [-0.1, -0.05) is 30.0 Å². The van der Waals surface area contributed by atoms with Crippen molar-refractivity contribution in [1.29, 1.82) is 0 Å². The van der Waals surface area contributed by atoms with Crippen LogP contribution in [-0.4, -0.2) is 15.7 Å². The van der Waals surface area contributed by atoms with Crippen molar-refractivity contribution in [2.24, 2.45) is 5.73 Å². The molecular formula is C16H19N3O. The third kappa shape index (κ3) is 3.01. The number of nitrogens with zero attached hydrogens (tertiary/aromatic N) is 2. The maximum atomic E-state index is 12.2. The summed E-state index contributed by atoms with van der Waals surface area (Å²) in [4.78, 5) is 12.2. The van der Waals surface area contributed by atoms with Crippen LogP contribution in [0, 0.1) is 11.8 Å². The normalized spacial score (nSPS) is 10.4. The molecule has 0 bridgehead atoms. The average molecular weight is 269 g/mol. The maximum Gasteiger partial charge on any atom is 0.328 e. The predicted octanol–water partition coefficient (Wildman–Crippen LogP) is 1.59. The fourth-order valence-electron chi connectivity index (χ4n) is 2.05. The molecule has 0 radical (unpaired) electrons. The van der Waals surface area contributed by atoms with E-state index < -0.39 is 0 Å². The van der Waals surface area contributed by atoms with Crippen LogP contribution in [0.25, 0.3) is 0 Å². The van der Waals surface area contributed by atoms with Crippen molar-refractivity contribution in [2.75, 3.05) is 6.54 Å². The van der Waals surface area contributed by atoms with Crippen LogP contribution in [0.1, 0.15) is 31.0 Å². The first kappa shape index (κ1) is 14.2. The van der Waals surface area contributed by atoms with Crippen LogP contribution in [0.2, 0.25) is 0 Å². The molecule has 1 aromatic heterocycles. The Bertz CT molecular complexity index is 698. The molecular weight excluding hydrogens is 250 g/mol. The molecule has 0 amide bonds. The van der Waals surface area contributed by atoms with Gasteiger partial charge in [0.05, 0.1) is 13.1 Å². The average Bonchev–Trinajstić information content (AvgIpc) is 2.79. The third-order valence-corrected chi connectivity index (χ3v) is 3.11. The van der Waals surface area contributed by atoms with Gasteiger partial charge >= 0.3 is 5.69 Å². The van der Waals surface area contributed by atoms with E-state index in [-0.39, 0.29) is 11.7 Å². The van der Waals surface area contributed by atoms with Crippen LogP contribution in [-0.2, 0) is 6.54 Å². The summed E-state index contributed by atoms with van der Waals surface area (Å²) in [5.41, 5.74) is 7.35. The second-order valence-corrected chi connectivity index (χ2v) is 4.87. The number of rotatable bonds is 3. The lowest BCUT2D eigenvalue weighted by Gasteiger charge is -2.06. The highest BCUT2D eigenvalue weighted by Gasteiger charge is 2.07. The molecule has 0 unspecified atom stereocenters. The van der Waals surface area contributed by atoms with Crippen molar-refractivity contribution < 1.29 is 0 Å². The van der Waals surface area contributed by atoms with Crippen molar-refractivity contribution in [1.82, 2.24) is 9.13 Å². The summed E-state index contributed by atoms with van der Waals surface area (Å²) >= 11 is 0. The van der Waals surface area contributed by atoms with Crippen LogP contribution < -0.4 is 11.4 Å². The molecule has 1 aromatic carbocycles. The van der Waals surface area contributed by atoms with Gasteiger partial charge in [0.1, 0.15) is 0 Å². The SMILES string of the molecule is CC(C)n1ccn(Cc2ccccc2C#CCN)c1=O. The Balaban J connectivity index is 2.33. The van der Waals surface area contributed by atoms with E-state index in [1.807, 2.05) is 50.5 Å². The lowest BCUT2D eigenvalue weighted by atomic mass is 10.1.